The molecule has 0 radical (unpaired) electrons. The number of methoxy groups -OCH3 is 2. The minimum atomic E-state index is -0.286. The highest BCUT2D eigenvalue weighted by Gasteiger charge is 2.28. The topological polar surface area (TPSA) is 115 Å². The predicted octanol–water partition coefficient (Wildman–Crippen LogP) is 5.20. The SMILES string of the molecule is COc1cc(OC)c(Cl)c(-c2cc3cnc(Nc4ccncn4)cc3n(C3CCN(C(=O)/C=C/CN(C)C)CC3)c2=O)c1Cl. The van der Waals surface area contributed by atoms with Gasteiger partial charge in [-0.15, -0.1) is 0 Å². The van der Waals surface area contributed by atoms with E-state index in [1.54, 1.807) is 41.2 Å². The molecule has 1 N–H and O–H groups in total. The van der Waals surface area contributed by atoms with E-state index in [9.17, 15) is 9.59 Å². The molecule has 4 heterocycles. The lowest BCUT2D eigenvalue weighted by atomic mass is 10.00. The number of carbonyl (C=O) groups excluding carboxylic acids is 1. The van der Waals surface area contributed by atoms with E-state index in [0.717, 1.165) is 0 Å². The van der Waals surface area contributed by atoms with Gasteiger partial charge in [0.25, 0.3) is 5.56 Å². The molecule has 4 aromatic rings. The second-order valence-corrected chi connectivity index (χ2v) is 11.3. The molecule has 11 nitrogen and oxygen atoms in total. The van der Waals surface area contributed by atoms with Crippen molar-refractivity contribution in [2.45, 2.75) is 18.9 Å². The van der Waals surface area contributed by atoms with Gasteiger partial charge in [-0.05, 0) is 39.1 Å². The number of pyridine rings is 2. The summed E-state index contributed by atoms with van der Waals surface area (Å²) in [6, 6.07) is 6.65. The quantitative estimate of drug-likeness (QED) is 0.247. The lowest BCUT2D eigenvalue weighted by molar-refractivity contribution is -0.127. The van der Waals surface area contributed by atoms with Crippen molar-refractivity contribution in [1.29, 1.82) is 0 Å². The first kappa shape index (κ1) is 31.2. The molecule has 0 saturated carbocycles. The van der Waals surface area contributed by atoms with Crippen LogP contribution in [-0.4, -0.2) is 83.2 Å². The Hall–Kier alpha value is -4.19. The van der Waals surface area contributed by atoms with Gasteiger partial charge in [0.1, 0.15) is 29.5 Å². The first-order chi connectivity index (χ1) is 21.2. The molecule has 3 aromatic heterocycles. The highest BCUT2D eigenvalue weighted by Crippen LogP contribution is 2.45. The molecule has 230 valence electrons. The van der Waals surface area contributed by atoms with E-state index in [0.29, 0.717) is 72.1 Å². The summed E-state index contributed by atoms with van der Waals surface area (Å²) in [6.45, 7) is 1.68. The number of anilines is 2. The van der Waals surface area contributed by atoms with Gasteiger partial charge in [0.05, 0.1) is 35.3 Å². The van der Waals surface area contributed by atoms with Crippen LogP contribution in [0.5, 0.6) is 11.5 Å². The smallest absolute Gasteiger partial charge is 0.259 e. The third-order valence-electron chi connectivity index (χ3n) is 7.47. The van der Waals surface area contributed by atoms with E-state index in [4.69, 9.17) is 32.7 Å². The molecular formula is C31H33Cl2N7O4. The van der Waals surface area contributed by atoms with Crippen LogP contribution in [0.4, 0.5) is 11.6 Å². The highest BCUT2D eigenvalue weighted by molar-refractivity contribution is 6.41. The van der Waals surface area contributed by atoms with Crippen LogP contribution >= 0.6 is 23.2 Å². The monoisotopic (exact) mass is 637 g/mol. The maximum atomic E-state index is 14.5. The summed E-state index contributed by atoms with van der Waals surface area (Å²) in [5.74, 6) is 1.68. The Morgan fingerprint density at radius 1 is 1.07 bits per heavy atom. The second kappa shape index (κ2) is 13.6. The maximum Gasteiger partial charge on any atom is 0.259 e. The van der Waals surface area contributed by atoms with E-state index in [1.165, 1.54) is 20.5 Å². The zero-order valence-electron chi connectivity index (χ0n) is 24.9. The number of halogens is 2. The van der Waals surface area contributed by atoms with Crippen LogP contribution in [0, 0.1) is 0 Å². The van der Waals surface area contributed by atoms with E-state index in [2.05, 4.69) is 20.3 Å². The van der Waals surface area contributed by atoms with Gasteiger partial charge in [0.2, 0.25) is 5.91 Å². The van der Waals surface area contributed by atoms with Crippen molar-refractivity contribution in [1.82, 2.24) is 29.3 Å². The minimum absolute atomic E-state index is 0.0427. The number of amides is 1. The molecule has 1 fully saturated rings. The molecule has 0 unspecified atom stereocenters. The number of hydrogen-bond acceptors (Lipinski definition) is 9. The Morgan fingerprint density at radius 2 is 1.77 bits per heavy atom. The number of rotatable bonds is 9. The fraction of sp³-hybridized carbons (Fsp3) is 0.323. The third-order valence-corrected chi connectivity index (χ3v) is 8.22. The standard InChI is InChI=1S/C31H33Cl2N7O4/c1-38(2)11-5-6-27(41)39-12-8-20(9-13-39)40-22-15-26(37-25-7-10-34-18-36-25)35-17-19(22)14-21(31(40)42)28-29(32)23(43-3)16-24(44-4)30(28)33/h5-7,10,14-18,20H,8-9,11-13H2,1-4H3,(H,34,35,36,37)/b6-5+. The largest absolute Gasteiger partial charge is 0.495 e. The second-order valence-electron chi connectivity index (χ2n) is 10.6. The Morgan fingerprint density at radius 3 is 2.39 bits per heavy atom. The number of aromatic nitrogens is 4. The van der Waals surface area contributed by atoms with Crippen molar-refractivity contribution in [3.63, 3.8) is 0 Å². The van der Waals surface area contributed by atoms with Crippen LogP contribution < -0.4 is 20.3 Å². The van der Waals surface area contributed by atoms with E-state index >= 15 is 0 Å². The molecule has 5 rings (SSSR count). The van der Waals surface area contributed by atoms with Gasteiger partial charge in [-0.1, -0.05) is 29.3 Å². The number of likely N-dealkylation sites (tertiary alicyclic amines) is 1. The first-order valence-corrected chi connectivity index (χ1v) is 14.8. The molecule has 0 spiro atoms. The first-order valence-electron chi connectivity index (χ1n) is 14.0. The molecule has 0 atom stereocenters. The Kier molecular flexibility index (Phi) is 9.68. The number of benzene rings is 1. The molecule has 0 aliphatic carbocycles. The van der Waals surface area contributed by atoms with Gasteiger partial charge < -0.3 is 29.2 Å². The zero-order valence-corrected chi connectivity index (χ0v) is 26.4. The highest BCUT2D eigenvalue weighted by atomic mass is 35.5. The summed E-state index contributed by atoms with van der Waals surface area (Å²) in [7, 11) is 6.86. The van der Waals surface area contributed by atoms with Crippen LogP contribution in [-0.2, 0) is 4.79 Å². The Balaban J connectivity index is 1.61. The van der Waals surface area contributed by atoms with Crippen molar-refractivity contribution in [2.24, 2.45) is 0 Å². The van der Waals surface area contributed by atoms with Crippen molar-refractivity contribution in [3.8, 4) is 22.6 Å². The van der Waals surface area contributed by atoms with Gasteiger partial charge >= 0.3 is 0 Å². The van der Waals surface area contributed by atoms with Crippen LogP contribution in [0.25, 0.3) is 22.0 Å². The normalized spacial score (nSPS) is 14.0. The third kappa shape index (κ3) is 6.50. The predicted molar refractivity (Wildman–Crippen MR) is 172 cm³/mol. The molecule has 1 amide bonds. The van der Waals surface area contributed by atoms with Gasteiger partial charge in [-0.2, -0.15) is 0 Å². The van der Waals surface area contributed by atoms with Crippen molar-refractivity contribution >= 4 is 51.6 Å². The Labute approximate surface area is 265 Å². The summed E-state index contributed by atoms with van der Waals surface area (Å²) >= 11 is 13.5. The number of piperidine rings is 1. The van der Waals surface area contributed by atoms with Gasteiger partial charge in [-0.3, -0.25) is 9.59 Å². The lowest BCUT2D eigenvalue weighted by Crippen LogP contribution is -2.40. The summed E-state index contributed by atoms with van der Waals surface area (Å²) in [4.78, 5) is 43.8. The van der Waals surface area contributed by atoms with Gasteiger partial charge in [0, 0.05) is 67.2 Å². The summed E-state index contributed by atoms with van der Waals surface area (Å²) in [6.07, 6.45) is 9.36. The minimum Gasteiger partial charge on any atom is -0.495 e. The summed E-state index contributed by atoms with van der Waals surface area (Å²) in [5, 5.41) is 4.26. The van der Waals surface area contributed by atoms with Crippen LogP contribution in [0.1, 0.15) is 18.9 Å². The van der Waals surface area contributed by atoms with Crippen molar-refractivity contribution in [3.05, 3.63) is 75.5 Å². The molecular weight excluding hydrogens is 605 g/mol. The summed E-state index contributed by atoms with van der Waals surface area (Å²) in [5.41, 5.74) is 0.981. The van der Waals surface area contributed by atoms with Crippen LogP contribution in [0.15, 0.2) is 59.9 Å². The average Bonchev–Trinajstić information content (AvgIpc) is 3.02. The number of ether oxygens (including phenoxy) is 2. The number of fused-ring (bicyclic) bond motifs is 1. The Bertz CT molecular complexity index is 1730. The van der Waals surface area contributed by atoms with E-state index < -0.39 is 0 Å². The molecule has 1 aromatic carbocycles. The van der Waals surface area contributed by atoms with E-state index in [-0.39, 0.29) is 33.1 Å². The lowest BCUT2D eigenvalue weighted by Gasteiger charge is -2.33. The molecule has 1 saturated heterocycles. The molecule has 13 heteroatoms. The zero-order chi connectivity index (χ0) is 31.4. The molecule has 44 heavy (non-hydrogen) atoms. The van der Waals surface area contributed by atoms with E-state index in [1.807, 2.05) is 36.0 Å². The van der Waals surface area contributed by atoms with Gasteiger partial charge in [-0.25, -0.2) is 15.0 Å². The molecule has 1 aliphatic rings. The molecule has 0 bridgehead atoms. The number of nitrogens with one attached hydrogen (secondary N) is 1. The fourth-order valence-corrected chi connectivity index (χ4v) is 5.98. The molecule has 1 aliphatic heterocycles. The summed E-state index contributed by atoms with van der Waals surface area (Å²) < 4.78 is 12.7. The number of hydrogen-bond donors (Lipinski definition) is 1. The van der Waals surface area contributed by atoms with Crippen LogP contribution in [0.3, 0.4) is 0 Å². The van der Waals surface area contributed by atoms with Gasteiger partial charge in [0.15, 0.2) is 0 Å². The van der Waals surface area contributed by atoms with Crippen LogP contribution in [0.2, 0.25) is 10.0 Å². The number of nitrogens with zero attached hydrogens (tertiary/aromatic N) is 6. The number of carbonyl (C=O) groups is 1. The van der Waals surface area contributed by atoms with Crippen molar-refractivity contribution in [2.75, 3.05) is 53.3 Å². The number of likely N-dealkylation sites (N-methyl/N-ethyl adjacent to an activating group) is 1. The van der Waals surface area contributed by atoms with Crippen molar-refractivity contribution < 1.29 is 14.3 Å². The fourth-order valence-electron chi connectivity index (χ4n) is 5.27. The average molecular weight is 639 g/mol. The maximum absolute atomic E-state index is 14.5.